The maximum absolute atomic E-state index is 9.68. The van der Waals surface area contributed by atoms with Crippen molar-refractivity contribution in [2.75, 3.05) is 12.4 Å². The first-order valence-corrected chi connectivity index (χ1v) is 7.16. The predicted molar refractivity (Wildman–Crippen MR) is 74.4 cm³/mol. The van der Waals surface area contributed by atoms with Gasteiger partial charge in [-0.2, -0.15) is 11.8 Å². The first-order valence-electron chi connectivity index (χ1n) is 6.01. The number of aliphatic hydroxyl groups excluding tert-OH is 1. The summed E-state index contributed by atoms with van der Waals surface area (Å²) in [6, 6.07) is 8.48. The summed E-state index contributed by atoms with van der Waals surface area (Å²) >= 11 is 1.74. The highest BCUT2D eigenvalue weighted by Gasteiger charge is 2.06. The molecule has 0 heterocycles. The molecule has 1 rings (SSSR count). The van der Waals surface area contributed by atoms with E-state index < -0.39 is 0 Å². The van der Waals surface area contributed by atoms with E-state index in [4.69, 9.17) is 4.74 Å². The van der Waals surface area contributed by atoms with E-state index in [1.165, 1.54) is 11.1 Å². The minimum absolute atomic E-state index is 0.187. The molecule has 0 aliphatic carbocycles. The molecule has 0 spiro atoms. The predicted octanol–water partition coefficient (Wildman–Crippen LogP) is 3.01. The van der Waals surface area contributed by atoms with Crippen LogP contribution in [0.1, 0.15) is 25.0 Å². The lowest BCUT2D eigenvalue weighted by atomic mass is 10.2. The molecule has 0 aliphatic heterocycles. The highest BCUT2D eigenvalue weighted by Crippen LogP contribution is 2.14. The van der Waals surface area contributed by atoms with E-state index in [0.717, 1.165) is 11.5 Å². The summed E-state index contributed by atoms with van der Waals surface area (Å²) in [6.45, 7) is 6.48. The fraction of sp³-hybridized carbons (Fsp3) is 0.571. The van der Waals surface area contributed by atoms with E-state index in [0.29, 0.717) is 6.61 Å². The van der Waals surface area contributed by atoms with Gasteiger partial charge in [-0.25, -0.2) is 0 Å². The largest absolute Gasteiger partial charge is 0.390 e. The molecular weight excluding hydrogens is 232 g/mol. The molecule has 0 bridgehead atoms. The van der Waals surface area contributed by atoms with Crippen LogP contribution in [0.4, 0.5) is 0 Å². The number of thioether (sulfide) groups is 1. The SMILES string of the molecule is Cc1cccc(CSCC(O)COC(C)C)c1. The molecule has 0 saturated carbocycles. The molecule has 0 aromatic heterocycles. The molecule has 0 fully saturated rings. The molecule has 0 saturated heterocycles. The third kappa shape index (κ3) is 6.71. The Hall–Kier alpha value is -0.510. The van der Waals surface area contributed by atoms with Gasteiger partial charge < -0.3 is 9.84 Å². The van der Waals surface area contributed by atoms with Crippen LogP contribution in [0.2, 0.25) is 0 Å². The van der Waals surface area contributed by atoms with E-state index in [1.54, 1.807) is 11.8 Å². The topological polar surface area (TPSA) is 29.5 Å². The van der Waals surface area contributed by atoms with Crippen LogP contribution in [0.5, 0.6) is 0 Å². The van der Waals surface area contributed by atoms with Crippen LogP contribution in [0.25, 0.3) is 0 Å². The molecule has 96 valence electrons. The summed E-state index contributed by atoms with van der Waals surface area (Å²) in [5.41, 5.74) is 2.60. The van der Waals surface area contributed by atoms with Gasteiger partial charge in [-0.1, -0.05) is 29.8 Å². The lowest BCUT2D eigenvalue weighted by molar-refractivity contribution is 0.0152. The Bertz CT molecular complexity index is 326. The van der Waals surface area contributed by atoms with E-state index in [-0.39, 0.29) is 12.2 Å². The summed E-state index contributed by atoms with van der Waals surface area (Å²) in [6.07, 6.45) is -0.182. The Morgan fingerprint density at radius 2 is 2.12 bits per heavy atom. The molecule has 1 atom stereocenters. The second kappa shape index (κ2) is 7.75. The lowest BCUT2D eigenvalue weighted by Crippen LogP contribution is -2.20. The lowest BCUT2D eigenvalue weighted by Gasteiger charge is -2.13. The number of ether oxygens (including phenoxy) is 1. The van der Waals surface area contributed by atoms with Gasteiger partial charge in [-0.3, -0.25) is 0 Å². The number of aryl methyl sites for hydroxylation is 1. The van der Waals surface area contributed by atoms with Gasteiger partial charge >= 0.3 is 0 Å². The van der Waals surface area contributed by atoms with Gasteiger partial charge in [-0.15, -0.1) is 0 Å². The fourth-order valence-corrected chi connectivity index (χ4v) is 2.37. The van der Waals surface area contributed by atoms with Crippen LogP contribution >= 0.6 is 11.8 Å². The highest BCUT2D eigenvalue weighted by molar-refractivity contribution is 7.98. The van der Waals surface area contributed by atoms with Gasteiger partial charge in [-0.05, 0) is 26.3 Å². The monoisotopic (exact) mass is 254 g/mol. The standard InChI is InChI=1S/C14H22O2S/c1-11(2)16-8-14(15)10-17-9-13-6-4-5-12(3)7-13/h4-7,11,14-15H,8-10H2,1-3H3. The van der Waals surface area contributed by atoms with Gasteiger partial charge in [0.15, 0.2) is 0 Å². The quantitative estimate of drug-likeness (QED) is 0.811. The van der Waals surface area contributed by atoms with Crippen molar-refractivity contribution in [2.45, 2.75) is 38.7 Å². The van der Waals surface area contributed by atoms with Crippen LogP contribution in [-0.2, 0) is 10.5 Å². The first kappa shape index (κ1) is 14.6. The molecule has 1 unspecified atom stereocenters. The maximum atomic E-state index is 9.68. The van der Waals surface area contributed by atoms with Crippen LogP contribution in [0.3, 0.4) is 0 Å². The molecule has 1 N–H and O–H groups in total. The van der Waals surface area contributed by atoms with Crippen molar-refractivity contribution in [1.29, 1.82) is 0 Å². The Morgan fingerprint density at radius 1 is 1.35 bits per heavy atom. The molecular formula is C14H22O2S. The zero-order valence-corrected chi connectivity index (χ0v) is 11.7. The third-order valence-corrected chi connectivity index (χ3v) is 3.44. The van der Waals surface area contributed by atoms with E-state index in [1.807, 2.05) is 13.8 Å². The molecule has 1 aromatic rings. The minimum atomic E-state index is -0.368. The van der Waals surface area contributed by atoms with Gasteiger partial charge in [0, 0.05) is 11.5 Å². The summed E-state index contributed by atoms with van der Waals surface area (Å²) in [7, 11) is 0. The molecule has 0 radical (unpaired) electrons. The van der Waals surface area contributed by atoms with Crippen LogP contribution < -0.4 is 0 Å². The highest BCUT2D eigenvalue weighted by atomic mass is 32.2. The Labute approximate surface area is 108 Å². The molecule has 3 heteroatoms. The smallest absolute Gasteiger partial charge is 0.0864 e. The van der Waals surface area contributed by atoms with E-state index in [2.05, 4.69) is 31.2 Å². The van der Waals surface area contributed by atoms with Gasteiger partial charge in [0.1, 0.15) is 0 Å². The second-order valence-electron chi connectivity index (χ2n) is 4.54. The molecule has 0 amide bonds. The number of hydrogen-bond donors (Lipinski definition) is 1. The van der Waals surface area contributed by atoms with Crippen LogP contribution in [0.15, 0.2) is 24.3 Å². The van der Waals surface area contributed by atoms with Crippen molar-refractivity contribution >= 4 is 11.8 Å². The minimum Gasteiger partial charge on any atom is -0.390 e. The number of benzene rings is 1. The summed E-state index contributed by atoms with van der Waals surface area (Å²) in [4.78, 5) is 0. The Balaban J connectivity index is 2.19. The zero-order chi connectivity index (χ0) is 12.7. The molecule has 0 aliphatic rings. The maximum Gasteiger partial charge on any atom is 0.0864 e. The van der Waals surface area contributed by atoms with Gasteiger partial charge in [0.25, 0.3) is 0 Å². The van der Waals surface area contributed by atoms with Crippen molar-refractivity contribution in [3.8, 4) is 0 Å². The van der Waals surface area contributed by atoms with Crippen molar-refractivity contribution in [3.05, 3.63) is 35.4 Å². The average molecular weight is 254 g/mol. The summed E-state index contributed by atoms with van der Waals surface area (Å²) in [5.74, 6) is 1.67. The Kier molecular flexibility index (Phi) is 6.63. The summed E-state index contributed by atoms with van der Waals surface area (Å²) in [5, 5.41) is 9.68. The second-order valence-corrected chi connectivity index (χ2v) is 5.57. The first-order chi connectivity index (χ1) is 8.08. The summed E-state index contributed by atoms with van der Waals surface area (Å²) < 4.78 is 5.36. The Morgan fingerprint density at radius 3 is 2.76 bits per heavy atom. The van der Waals surface area contributed by atoms with Crippen LogP contribution in [0, 0.1) is 6.92 Å². The van der Waals surface area contributed by atoms with Gasteiger partial charge in [0.2, 0.25) is 0 Å². The normalized spacial score (nSPS) is 13.0. The van der Waals surface area contributed by atoms with E-state index >= 15 is 0 Å². The number of hydrogen-bond acceptors (Lipinski definition) is 3. The van der Waals surface area contributed by atoms with Crippen molar-refractivity contribution in [1.82, 2.24) is 0 Å². The van der Waals surface area contributed by atoms with Crippen molar-refractivity contribution in [2.24, 2.45) is 0 Å². The average Bonchev–Trinajstić information content (AvgIpc) is 2.26. The van der Waals surface area contributed by atoms with Crippen molar-refractivity contribution in [3.63, 3.8) is 0 Å². The third-order valence-electron chi connectivity index (χ3n) is 2.28. The molecule has 2 nitrogen and oxygen atoms in total. The number of aliphatic hydroxyl groups is 1. The van der Waals surface area contributed by atoms with Gasteiger partial charge in [0.05, 0.1) is 18.8 Å². The molecule has 1 aromatic carbocycles. The fourth-order valence-electron chi connectivity index (χ4n) is 1.47. The number of rotatable bonds is 7. The van der Waals surface area contributed by atoms with Crippen LogP contribution in [-0.4, -0.2) is 29.7 Å². The molecule has 17 heavy (non-hydrogen) atoms. The zero-order valence-electron chi connectivity index (χ0n) is 10.8. The van der Waals surface area contributed by atoms with Crippen molar-refractivity contribution < 1.29 is 9.84 Å². The van der Waals surface area contributed by atoms with E-state index in [9.17, 15) is 5.11 Å².